The highest BCUT2D eigenvalue weighted by atomic mass is 32.1. The third kappa shape index (κ3) is 3.06. The summed E-state index contributed by atoms with van der Waals surface area (Å²) in [7, 11) is 0. The summed E-state index contributed by atoms with van der Waals surface area (Å²) in [5, 5.41) is 1.92. The molecule has 1 spiro atoms. The second-order valence-corrected chi connectivity index (χ2v) is 7.87. The van der Waals surface area contributed by atoms with Gasteiger partial charge >= 0.3 is 0 Å². The summed E-state index contributed by atoms with van der Waals surface area (Å²) in [6.07, 6.45) is 6.13. The Bertz CT molecular complexity index is 762. The van der Waals surface area contributed by atoms with Crippen LogP contribution < -0.4 is 0 Å². The molecular formula is C19H21N3O2S. The minimum atomic E-state index is -0.391. The first kappa shape index (κ1) is 16.3. The Labute approximate surface area is 151 Å². The molecule has 0 radical (unpaired) electrons. The summed E-state index contributed by atoms with van der Waals surface area (Å²) in [5.41, 5.74) is 0.709. The SMILES string of the molecule is O=C(c1cccs1)N1CCCC2(CCN(Cc3ccncc3)C2=O)C1. The molecule has 25 heavy (non-hydrogen) atoms. The van der Waals surface area contributed by atoms with Gasteiger partial charge in [-0.3, -0.25) is 14.6 Å². The number of piperidine rings is 1. The van der Waals surface area contributed by atoms with Crippen molar-refractivity contribution in [2.75, 3.05) is 19.6 Å². The van der Waals surface area contributed by atoms with Crippen molar-refractivity contribution in [3.05, 3.63) is 52.5 Å². The zero-order valence-electron chi connectivity index (χ0n) is 14.1. The molecule has 1 unspecified atom stereocenters. The Kier molecular flexibility index (Phi) is 4.29. The van der Waals surface area contributed by atoms with Crippen LogP contribution in [-0.2, 0) is 11.3 Å². The number of amides is 2. The lowest BCUT2D eigenvalue weighted by molar-refractivity contribution is -0.138. The molecule has 2 aliphatic rings. The van der Waals surface area contributed by atoms with Gasteiger partial charge in [-0.15, -0.1) is 11.3 Å². The van der Waals surface area contributed by atoms with E-state index in [2.05, 4.69) is 4.98 Å². The van der Waals surface area contributed by atoms with E-state index < -0.39 is 5.41 Å². The predicted octanol–water partition coefficient (Wildman–Crippen LogP) is 2.80. The first-order valence-electron chi connectivity index (χ1n) is 8.69. The van der Waals surface area contributed by atoms with Gasteiger partial charge in [0, 0.05) is 38.6 Å². The van der Waals surface area contributed by atoms with Crippen molar-refractivity contribution >= 4 is 23.2 Å². The van der Waals surface area contributed by atoms with Crippen molar-refractivity contribution in [2.24, 2.45) is 5.41 Å². The molecule has 6 heteroatoms. The van der Waals surface area contributed by atoms with Crippen LogP contribution in [0.1, 0.15) is 34.5 Å². The Morgan fingerprint density at radius 2 is 2.04 bits per heavy atom. The molecule has 2 aliphatic heterocycles. The first-order valence-corrected chi connectivity index (χ1v) is 9.57. The first-order chi connectivity index (χ1) is 12.2. The van der Waals surface area contributed by atoms with Crippen LogP contribution in [0.3, 0.4) is 0 Å². The van der Waals surface area contributed by atoms with Crippen molar-refractivity contribution in [3.63, 3.8) is 0 Å². The fraction of sp³-hybridized carbons (Fsp3) is 0.421. The molecule has 5 nitrogen and oxygen atoms in total. The fourth-order valence-corrected chi connectivity index (χ4v) is 4.68. The van der Waals surface area contributed by atoms with Crippen LogP contribution in [0.25, 0.3) is 0 Å². The summed E-state index contributed by atoms with van der Waals surface area (Å²) < 4.78 is 0. The predicted molar refractivity (Wildman–Crippen MR) is 96.2 cm³/mol. The molecule has 4 rings (SSSR count). The van der Waals surface area contributed by atoms with Crippen LogP contribution in [0.15, 0.2) is 42.0 Å². The second-order valence-electron chi connectivity index (χ2n) is 6.92. The largest absolute Gasteiger partial charge is 0.338 e. The van der Waals surface area contributed by atoms with E-state index in [9.17, 15) is 9.59 Å². The number of thiophene rings is 1. The van der Waals surface area contributed by atoms with E-state index in [1.54, 1.807) is 12.4 Å². The van der Waals surface area contributed by atoms with Crippen LogP contribution in [0.2, 0.25) is 0 Å². The number of carbonyl (C=O) groups excluding carboxylic acids is 2. The van der Waals surface area contributed by atoms with E-state index in [1.807, 2.05) is 39.4 Å². The number of aromatic nitrogens is 1. The van der Waals surface area contributed by atoms with Crippen molar-refractivity contribution < 1.29 is 9.59 Å². The van der Waals surface area contributed by atoms with Crippen molar-refractivity contribution in [1.82, 2.24) is 14.8 Å². The molecule has 0 aromatic carbocycles. The molecule has 2 aromatic heterocycles. The average Bonchev–Trinajstić information content (AvgIpc) is 3.28. The Morgan fingerprint density at radius 1 is 1.20 bits per heavy atom. The zero-order valence-corrected chi connectivity index (χ0v) is 14.9. The van der Waals surface area contributed by atoms with E-state index in [1.165, 1.54) is 11.3 Å². The van der Waals surface area contributed by atoms with Gasteiger partial charge in [0.25, 0.3) is 5.91 Å². The van der Waals surface area contributed by atoms with Crippen LogP contribution in [0, 0.1) is 5.41 Å². The number of carbonyl (C=O) groups is 2. The summed E-state index contributed by atoms with van der Waals surface area (Å²) in [5.74, 6) is 0.266. The van der Waals surface area contributed by atoms with Gasteiger partial charge in [-0.05, 0) is 48.4 Å². The lowest BCUT2D eigenvalue weighted by Gasteiger charge is -2.38. The Hall–Kier alpha value is -2.21. The van der Waals surface area contributed by atoms with E-state index >= 15 is 0 Å². The van der Waals surface area contributed by atoms with Gasteiger partial charge in [0.2, 0.25) is 5.91 Å². The molecule has 2 amide bonds. The number of pyridine rings is 1. The molecule has 130 valence electrons. The van der Waals surface area contributed by atoms with Crippen molar-refractivity contribution in [2.45, 2.75) is 25.8 Å². The zero-order chi connectivity index (χ0) is 17.3. The smallest absolute Gasteiger partial charge is 0.263 e. The van der Waals surface area contributed by atoms with Crippen LogP contribution >= 0.6 is 11.3 Å². The number of hydrogen-bond acceptors (Lipinski definition) is 4. The van der Waals surface area contributed by atoms with Gasteiger partial charge in [0.05, 0.1) is 10.3 Å². The summed E-state index contributed by atoms with van der Waals surface area (Å²) in [6.45, 7) is 2.69. The molecule has 1 atom stereocenters. The van der Waals surface area contributed by atoms with Crippen LogP contribution in [-0.4, -0.2) is 46.2 Å². The maximum Gasteiger partial charge on any atom is 0.263 e. The van der Waals surface area contributed by atoms with Gasteiger partial charge in [0.15, 0.2) is 0 Å². The molecule has 4 heterocycles. The molecule has 2 saturated heterocycles. The molecule has 0 aliphatic carbocycles. The van der Waals surface area contributed by atoms with Crippen molar-refractivity contribution in [1.29, 1.82) is 0 Å². The van der Waals surface area contributed by atoms with E-state index in [0.29, 0.717) is 13.1 Å². The molecule has 2 aromatic rings. The number of hydrogen-bond donors (Lipinski definition) is 0. The lowest BCUT2D eigenvalue weighted by atomic mass is 9.78. The minimum Gasteiger partial charge on any atom is -0.338 e. The summed E-state index contributed by atoms with van der Waals surface area (Å²) in [4.78, 5) is 34.4. The Morgan fingerprint density at radius 3 is 2.80 bits per heavy atom. The highest BCUT2D eigenvalue weighted by Crippen LogP contribution is 2.41. The third-order valence-corrected chi connectivity index (χ3v) is 6.18. The topological polar surface area (TPSA) is 53.5 Å². The van der Waals surface area contributed by atoms with E-state index in [-0.39, 0.29) is 11.8 Å². The van der Waals surface area contributed by atoms with Crippen LogP contribution in [0.5, 0.6) is 0 Å². The summed E-state index contributed by atoms with van der Waals surface area (Å²) >= 11 is 1.47. The van der Waals surface area contributed by atoms with Gasteiger partial charge in [-0.2, -0.15) is 0 Å². The summed E-state index contributed by atoms with van der Waals surface area (Å²) in [6, 6.07) is 7.66. The van der Waals surface area contributed by atoms with Crippen LogP contribution in [0.4, 0.5) is 0 Å². The quantitative estimate of drug-likeness (QED) is 0.851. The van der Waals surface area contributed by atoms with Gasteiger partial charge < -0.3 is 9.80 Å². The highest BCUT2D eigenvalue weighted by molar-refractivity contribution is 7.12. The van der Waals surface area contributed by atoms with Gasteiger partial charge in [-0.25, -0.2) is 0 Å². The number of likely N-dealkylation sites (tertiary alicyclic amines) is 2. The maximum atomic E-state index is 13.1. The fourth-order valence-electron chi connectivity index (χ4n) is 3.99. The second kappa shape index (κ2) is 6.59. The molecule has 2 fully saturated rings. The number of nitrogens with zero attached hydrogens (tertiary/aromatic N) is 3. The molecule has 0 bridgehead atoms. The maximum absolute atomic E-state index is 13.1. The van der Waals surface area contributed by atoms with Crippen molar-refractivity contribution in [3.8, 4) is 0 Å². The number of rotatable bonds is 3. The normalized spacial score (nSPS) is 23.4. The van der Waals surface area contributed by atoms with Gasteiger partial charge in [0.1, 0.15) is 0 Å². The average molecular weight is 355 g/mol. The van der Waals surface area contributed by atoms with E-state index in [4.69, 9.17) is 0 Å². The standard InChI is InChI=1S/C19H21N3O2S/c23-17(16-3-1-12-25-16)22-10-2-6-19(14-22)7-11-21(18(19)24)13-15-4-8-20-9-5-15/h1,3-5,8-9,12H,2,6-7,10-11,13-14H2. The molecule has 0 N–H and O–H groups in total. The third-order valence-electron chi connectivity index (χ3n) is 5.32. The molecular weight excluding hydrogens is 334 g/mol. The Balaban J connectivity index is 1.48. The monoisotopic (exact) mass is 355 g/mol. The highest BCUT2D eigenvalue weighted by Gasteiger charge is 2.49. The minimum absolute atomic E-state index is 0.0643. The van der Waals surface area contributed by atoms with Gasteiger partial charge in [-0.1, -0.05) is 6.07 Å². The lowest BCUT2D eigenvalue weighted by Crippen LogP contribution is -2.49. The van der Waals surface area contributed by atoms with E-state index in [0.717, 1.165) is 42.8 Å². The molecule has 0 saturated carbocycles.